The van der Waals surface area contributed by atoms with Crippen molar-refractivity contribution in [1.82, 2.24) is 4.98 Å². The second-order valence-electron chi connectivity index (χ2n) is 5.86. The van der Waals surface area contributed by atoms with Crippen molar-refractivity contribution >= 4 is 5.97 Å². The summed E-state index contributed by atoms with van der Waals surface area (Å²) in [5.74, 6) is 1.59. The molecule has 98 valence electrons. The molecule has 0 aromatic carbocycles. The first kappa shape index (κ1) is 11.8. The third kappa shape index (κ3) is 1.74. The zero-order chi connectivity index (χ0) is 12.9. The number of aromatic carboxylic acids is 1. The standard InChI is InChI=1S/C14H19NO3/c1-7(2)11-12(14(16)17)18-13(15-11)10-8-5-3-4-6-9(8)10/h7-10H,3-6H2,1-2H3,(H,16,17). The van der Waals surface area contributed by atoms with Crippen LogP contribution in [0.2, 0.25) is 0 Å². The fourth-order valence-electron chi connectivity index (χ4n) is 3.39. The number of nitrogens with zero attached hydrogens (tertiary/aromatic N) is 1. The third-order valence-corrected chi connectivity index (χ3v) is 4.35. The minimum atomic E-state index is -0.999. The van der Waals surface area contributed by atoms with Crippen molar-refractivity contribution in [2.45, 2.75) is 51.4 Å². The molecular formula is C14H19NO3. The molecule has 4 nitrogen and oxygen atoms in total. The van der Waals surface area contributed by atoms with E-state index in [0.717, 1.165) is 0 Å². The van der Waals surface area contributed by atoms with Gasteiger partial charge in [0.1, 0.15) is 0 Å². The maximum atomic E-state index is 11.2. The first-order valence-electron chi connectivity index (χ1n) is 6.83. The SMILES string of the molecule is CC(C)c1nc(C2C3CCCCC32)oc1C(=O)O. The predicted octanol–water partition coefficient (Wildman–Crippen LogP) is 3.40. The molecule has 0 amide bonds. The highest BCUT2D eigenvalue weighted by Gasteiger charge is 2.54. The van der Waals surface area contributed by atoms with Gasteiger partial charge in [0.2, 0.25) is 5.76 Å². The first-order chi connectivity index (χ1) is 8.59. The number of oxazole rings is 1. The lowest BCUT2D eigenvalue weighted by molar-refractivity contribution is 0.0658. The van der Waals surface area contributed by atoms with Crippen LogP contribution >= 0.6 is 0 Å². The summed E-state index contributed by atoms with van der Waals surface area (Å²) in [7, 11) is 0. The van der Waals surface area contributed by atoms with Gasteiger partial charge in [-0.3, -0.25) is 0 Å². The van der Waals surface area contributed by atoms with E-state index in [4.69, 9.17) is 9.52 Å². The Bertz CT molecular complexity index is 465. The molecule has 2 saturated carbocycles. The van der Waals surface area contributed by atoms with Crippen LogP contribution in [-0.2, 0) is 0 Å². The number of carboxylic acids is 1. The van der Waals surface area contributed by atoms with Crippen LogP contribution in [0.1, 0.15) is 73.5 Å². The van der Waals surface area contributed by atoms with Gasteiger partial charge in [-0.2, -0.15) is 0 Å². The Hall–Kier alpha value is -1.32. The Morgan fingerprint density at radius 1 is 1.33 bits per heavy atom. The van der Waals surface area contributed by atoms with Crippen LogP contribution in [-0.4, -0.2) is 16.1 Å². The highest BCUT2D eigenvalue weighted by atomic mass is 16.4. The van der Waals surface area contributed by atoms with Crippen LogP contribution < -0.4 is 0 Å². The number of carboxylic acid groups (broad SMARTS) is 1. The van der Waals surface area contributed by atoms with Gasteiger partial charge >= 0.3 is 5.97 Å². The van der Waals surface area contributed by atoms with Crippen molar-refractivity contribution in [1.29, 1.82) is 0 Å². The molecule has 4 heteroatoms. The predicted molar refractivity (Wildman–Crippen MR) is 65.7 cm³/mol. The van der Waals surface area contributed by atoms with Gasteiger partial charge in [0, 0.05) is 5.92 Å². The van der Waals surface area contributed by atoms with Gasteiger partial charge in [-0.1, -0.05) is 26.7 Å². The van der Waals surface area contributed by atoms with Crippen LogP contribution in [0.3, 0.4) is 0 Å². The van der Waals surface area contributed by atoms with E-state index in [0.29, 0.717) is 29.3 Å². The molecule has 0 saturated heterocycles. The van der Waals surface area contributed by atoms with E-state index in [2.05, 4.69) is 4.98 Å². The monoisotopic (exact) mass is 249 g/mol. The molecule has 1 aromatic rings. The van der Waals surface area contributed by atoms with Gasteiger partial charge in [0.15, 0.2) is 5.89 Å². The first-order valence-corrected chi connectivity index (χ1v) is 6.83. The van der Waals surface area contributed by atoms with E-state index in [1.807, 2.05) is 13.8 Å². The highest BCUT2D eigenvalue weighted by Crippen LogP contribution is 2.61. The van der Waals surface area contributed by atoms with Gasteiger partial charge in [-0.15, -0.1) is 0 Å². The molecule has 2 unspecified atom stereocenters. The zero-order valence-electron chi connectivity index (χ0n) is 10.8. The minimum absolute atomic E-state index is 0.0450. The van der Waals surface area contributed by atoms with E-state index in [1.165, 1.54) is 25.7 Å². The summed E-state index contributed by atoms with van der Waals surface area (Å²) in [4.78, 5) is 15.6. The number of aromatic nitrogens is 1. The van der Waals surface area contributed by atoms with Gasteiger partial charge < -0.3 is 9.52 Å². The molecule has 2 fully saturated rings. The number of rotatable bonds is 3. The van der Waals surface area contributed by atoms with Gasteiger partial charge in [-0.25, -0.2) is 9.78 Å². The smallest absolute Gasteiger partial charge is 0.373 e. The van der Waals surface area contributed by atoms with Crippen molar-refractivity contribution in [2.24, 2.45) is 11.8 Å². The molecule has 18 heavy (non-hydrogen) atoms. The zero-order valence-corrected chi connectivity index (χ0v) is 10.8. The van der Waals surface area contributed by atoms with Gasteiger partial charge in [0.05, 0.1) is 5.69 Å². The lowest BCUT2D eigenvalue weighted by atomic mass is 10.0. The quantitative estimate of drug-likeness (QED) is 0.891. The third-order valence-electron chi connectivity index (χ3n) is 4.35. The van der Waals surface area contributed by atoms with Crippen molar-refractivity contribution in [3.63, 3.8) is 0 Å². The Balaban J connectivity index is 1.90. The van der Waals surface area contributed by atoms with Gasteiger partial charge in [-0.05, 0) is 30.6 Å². The molecule has 2 aliphatic rings. The molecule has 0 bridgehead atoms. The minimum Gasteiger partial charge on any atom is -0.475 e. The van der Waals surface area contributed by atoms with Crippen molar-refractivity contribution < 1.29 is 14.3 Å². The fourth-order valence-corrected chi connectivity index (χ4v) is 3.39. The highest BCUT2D eigenvalue weighted by molar-refractivity contribution is 5.85. The topological polar surface area (TPSA) is 63.3 Å². The molecule has 0 aliphatic heterocycles. The number of carbonyl (C=O) groups is 1. The van der Waals surface area contributed by atoms with Crippen LogP contribution in [0.5, 0.6) is 0 Å². The number of hydrogen-bond donors (Lipinski definition) is 1. The van der Waals surface area contributed by atoms with Crippen LogP contribution in [0.4, 0.5) is 0 Å². The Labute approximate surface area is 106 Å². The molecule has 1 heterocycles. The second kappa shape index (κ2) is 4.11. The van der Waals surface area contributed by atoms with Gasteiger partial charge in [0.25, 0.3) is 0 Å². The molecule has 1 aromatic heterocycles. The van der Waals surface area contributed by atoms with Crippen LogP contribution in [0.15, 0.2) is 4.42 Å². The summed E-state index contributed by atoms with van der Waals surface area (Å²) < 4.78 is 5.54. The number of fused-ring (bicyclic) bond motifs is 1. The summed E-state index contributed by atoms with van der Waals surface area (Å²) in [5, 5.41) is 9.15. The summed E-state index contributed by atoms with van der Waals surface area (Å²) >= 11 is 0. The van der Waals surface area contributed by atoms with E-state index in [9.17, 15) is 4.79 Å². The fraction of sp³-hybridized carbons (Fsp3) is 0.714. The Kier molecular flexibility index (Phi) is 2.68. The van der Waals surface area contributed by atoms with Crippen molar-refractivity contribution in [3.05, 3.63) is 17.3 Å². The average molecular weight is 249 g/mol. The molecule has 3 rings (SSSR count). The van der Waals surface area contributed by atoms with E-state index in [1.54, 1.807) is 0 Å². The van der Waals surface area contributed by atoms with Crippen LogP contribution in [0, 0.1) is 11.8 Å². The van der Waals surface area contributed by atoms with Crippen molar-refractivity contribution in [3.8, 4) is 0 Å². The van der Waals surface area contributed by atoms with Crippen molar-refractivity contribution in [2.75, 3.05) is 0 Å². The normalized spacial score (nSPS) is 30.3. The lowest BCUT2D eigenvalue weighted by Gasteiger charge is -2.04. The molecular weight excluding hydrogens is 230 g/mol. The van der Waals surface area contributed by atoms with Crippen LogP contribution in [0.25, 0.3) is 0 Å². The van der Waals surface area contributed by atoms with E-state index < -0.39 is 5.97 Å². The summed E-state index contributed by atoms with van der Waals surface area (Å²) in [6, 6.07) is 0. The molecule has 0 spiro atoms. The summed E-state index contributed by atoms with van der Waals surface area (Å²) in [5.41, 5.74) is 0.598. The second-order valence-corrected chi connectivity index (χ2v) is 5.86. The number of hydrogen-bond acceptors (Lipinski definition) is 3. The Morgan fingerprint density at radius 2 is 1.94 bits per heavy atom. The molecule has 2 aliphatic carbocycles. The molecule has 2 atom stereocenters. The molecule has 0 radical (unpaired) electrons. The average Bonchev–Trinajstić information content (AvgIpc) is 2.88. The summed E-state index contributed by atoms with van der Waals surface area (Å²) in [6.45, 7) is 3.90. The van der Waals surface area contributed by atoms with E-state index in [-0.39, 0.29) is 11.7 Å². The summed E-state index contributed by atoms with van der Waals surface area (Å²) in [6.07, 6.45) is 5.08. The van der Waals surface area contributed by atoms with E-state index >= 15 is 0 Å². The maximum Gasteiger partial charge on any atom is 0.373 e. The largest absolute Gasteiger partial charge is 0.475 e. The lowest BCUT2D eigenvalue weighted by Crippen LogP contribution is -2.01. The maximum absolute atomic E-state index is 11.2. The Morgan fingerprint density at radius 3 is 2.39 bits per heavy atom. The molecule has 1 N–H and O–H groups in total.